The van der Waals surface area contributed by atoms with Crippen molar-refractivity contribution in [1.29, 1.82) is 0 Å². The van der Waals surface area contributed by atoms with E-state index in [1.54, 1.807) is 0 Å². The van der Waals surface area contributed by atoms with Gasteiger partial charge in [-0.3, -0.25) is 19.4 Å². The lowest BCUT2D eigenvalue weighted by Gasteiger charge is -2.27. The van der Waals surface area contributed by atoms with Gasteiger partial charge in [-0.25, -0.2) is 0 Å². The first-order valence-electron chi connectivity index (χ1n) is 11.8. The summed E-state index contributed by atoms with van der Waals surface area (Å²) in [6.07, 6.45) is 1.72. The molecule has 10 heteroatoms. The lowest BCUT2D eigenvalue weighted by molar-refractivity contribution is -0.132. The molecular formula is C25H37N7O3. The monoisotopic (exact) mass is 483 g/mol. The summed E-state index contributed by atoms with van der Waals surface area (Å²) >= 11 is 0. The molecule has 35 heavy (non-hydrogen) atoms. The van der Waals surface area contributed by atoms with Gasteiger partial charge in [-0.05, 0) is 35.1 Å². The van der Waals surface area contributed by atoms with E-state index in [0.29, 0.717) is 25.8 Å². The van der Waals surface area contributed by atoms with Crippen LogP contribution < -0.4 is 33.6 Å². The highest BCUT2D eigenvalue weighted by Crippen LogP contribution is 2.20. The highest BCUT2D eigenvalue weighted by atomic mass is 16.2. The zero-order valence-corrected chi connectivity index (χ0v) is 20.4. The van der Waals surface area contributed by atoms with Crippen LogP contribution >= 0.6 is 0 Å². The van der Waals surface area contributed by atoms with Crippen molar-refractivity contribution in [2.45, 2.75) is 57.7 Å². The number of nitrogens with one attached hydrogen (secondary N) is 2. The number of fused-ring (bicyclic) bond motifs is 1. The summed E-state index contributed by atoms with van der Waals surface area (Å²) < 4.78 is 0. The zero-order valence-electron chi connectivity index (χ0n) is 20.4. The Hall–Kier alpha value is -3.66. The van der Waals surface area contributed by atoms with Crippen molar-refractivity contribution in [3.8, 4) is 0 Å². The summed E-state index contributed by atoms with van der Waals surface area (Å²) in [5.41, 5.74) is 23.1. The van der Waals surface area contributed by atoms with E-state index in [1.807, 2.05) is 56.3 Å². The molecule has 0 aliphatic heterocycles. The van der Waals surface area contributed by atoms with E-state index in [2.05, 4.69) is 15.6 Å². The van der Waals surface area contributed by atoms with Gasteiger partial charge in [-0.15, -0.1) is 0 Å². The van der Waals surface area contributed by atoms with Gasteiger partial charge in [0.15, 0.2) is 5.96 Å². The van der Waals surface area contributed by atoms with Crippen molar-refractivity contribution in [3.05, 3.63) is 48.0 Å². The molecule has 0 radical (unpaired) electrons. The molecule has 2 aromatic carbocycles. The summed E-state index contributed by atoms with van der Waals surface area (Å²) in [7, 11) is 0. The summed E-state index contributed by atoms with van der Waals surface area (Å²) in [5.74, 6) is -1.82. The Morgan fingerprint density at radius 2 is 1.66 bits per heavy atom. The maximum Gasteiger partial charge on any atom is 0.243 e. The molecule has 190 valence electrons. The molecule has 10 N–H and O–H groups in total. The second-order valence-electron chi connectivity index (χ2n) is 8.73. The van der Waals surface area contributed by atoms with E-state index in [4.69, 9.17) is 22.9 Å². The van der Waals surface area contributed by atoms with Crippen molar-refractivity contribution >= 4 is 34.5 Å². The van der Waals surface area contributed by atoms with Crippen molar-refractivity contribution in [2.75, 3.05) is 6.54 Å². The highest BCUT2D eigenvalue weighted by Gasteiger charge is 2.30. The molecule has 2 rings (SSSR count). The average molecular weight is 484 g/mol. The number of rotatable bonds is 13. The first kappa shape index (κ1) is 27.6. The van der Waals surface area contributed by atoms with Crippen LogP contribution in [0.25, 0.3) is 10.8 Å². The number of benzene rings is 2. The minimum atomic E-state index is -0.940. The van der Waals surface area contributed by atoms with E-state index < -0.39 is 35.8 Å². The topological polar surface area (TPSA) is 192 Å². The first-order chi connectivity index (χ1) is 16.6. The number of amides is 3. The first-order valence-corrected chi connectivity index (χ1v) is 11.8. The SMILES string of the molecule is CC[C@H](C)[C@H](NC(=O)[C@@H](N)CCCN=C(N)N)C(=O)N[C@@H](Cc1cccc2ccccc12)C(N)=O. The van der Waals surface area contributed by atoms with E-state index >= 15 is 0 Å². The number of guanidine groups is 1. The minimum absolute atomic E-state index is 0.0240. The van der Waals surface area contributed by atoms with Crippen LogP contribution in [-0.2, 0) is 20.8 Å². The Morgan fingerprint density at radius 1 is 0.971 bits per heavy atom. The van der Waals surface area contributed by atoms with Crippen LogP contribution in [0.5, 0.6) is 0 Å². The van der Waals surface area contributed by atoms with Crippen LogP contribution in [-0.4, -0.2) is 48.4 Å². The molecule has 0 heterocycles. The second kappa shape index (κ2) is 13.3. The van der Waals surface area contributed by atoms with Gasteiger partial charge in [0.2, 0.25) is 17.7 Å². The smallest absolute Gasteiger partial charge is 0.243 e. The van der Waals surface area contributed by atoms with E-state index in [-0.39, 0.29) is 18.3 Å². The van der Waals surface area contributed by atoms with Crippen LogP contribution in [0.15, 0.2) is 47.5 Å². The molecule has 10 nitrogen and oxygen atoms in total. The van der Waals surface area contributed by atoms with Crippen molar-refractivity contribution < 1.29 is 14.4 Å². The van der Waals surface area contributed by atoms with Gasteiger partial charge in [-0.2, -0.15) is 0 Å². The van der Waals surface area contributed by atoms with Crippen LogP contribution in [0, 0.1) is 5.92 Å². The van der Waals surface area contributed by atoms with Crippen LogP contribution in [0.3, 0.4) is 0 Å². The molecule has 0 fully saturated rings. The van der Waals surface area contributed by atoms with Gasteiger partial charge in [0, 0.05) is 13.0 Å². The average Bonchev–Trinajstić information content (AvgIpc) is 2.83. The fourth-order valence-corrected chi connectivity index (χ4v) is 3.79. The summed E-state index contributed by atoms with van der Waals surface area (Å²) in [4.78, 5) is 42.0. The Morgan fingerprint density at radius 3 is 2.31 bits per heavy atom. The van der Waals surface area contributed by atoms with Gasteiger partial charge in [0.1, 0.15) is 12.1 Å². The molecule has 0 unspecified atom stereocenters. The Kier molecular flexibility index (Phi) is 10.5. The molecule has 0 aliphatic rings. The maximum absolute atomic E-state index is 13.2. The molecule has 0 saturated heterocycles. The Labute approximate surface area is 205 Å². The number of hydrogen-bond acceptors (Lipinski definition) is 5. The molecule has 0 spiro atoms. The van der Waals surface area contributed by atoms with Gasteiger partial charge >= 0.3 is 0 Å². The molecule has 2 aromatic rings. The Bertz CT molecular complexity index is 1050. The van der Waals surface area contributed by atoms with E-state index in [1.165, 1.54) is 0 Å². The van der Waals surface area contributed by atoms with Gasteiger partial charge in [0.25, 0.3) is 0 Å². The largest absolute Gasteiger partial charge is 0.370 e. The van der Waals surface area contributed by atoms with Gasteiger partial charge in [0.05, 0.1) is 6.04 Å². The molecule has 3 amide bonds. The second-order valence-corrected chi connectivity index (χ2v) is 8.73. The number of nitrogens with zero attached hydrogens (tertiary/aromatic N) is 1. The van der Waals surface area contributed by atoms with E-state index in [0.717, 1.165) is 16.3 Å². The van der Waals surface area contributed by atoms with Gasteiger partial charge in [-0.1, -0.05) is 62.7 Å². The Balaban J connectivity index is 2.10. The molecular weight excluding hydrogens is 446 g/mol. The third-order valence-electron chi connectivity index (χ3n) is 6.06. The molecule has 0 aliphatic carbocycles. The molecule has 0 saturated carbocycles. The quantitative estimate of drug-likeness (QED) is 0.134. The summed E-state index contributed by atoms with van der Waals surface area (Å²) in [6.45, 7) is 4.11. The van der Waals surface area contributed by atoms with Gasteiger partial charge < -0.3 is 33.6 Å². The van der Waals surface area contributed by atoms with Crippen molar-refractivity contribution in [1.82, 2.24) is 10.6 Å². The van der Waals surface area contributed by atoms with Crippen LogP contribution in [0.1, 0.15) is 38.7 Å². The third kappa shape index (κ3) is 8.25. The normalized spacial score (nSPS) is 14.4. The third-order valence-corrected chi connectivity index (χ3v) is 6.06. The number of carbonyl (C=O) groups is 3. The molecule has 4 atom stereocenters. The maximum atomic E-state index is 13.2. The summed E-state index contributed by atoms with van der Waals surface area (Å²) in [5, 5.41) is 7.49. The van der Waals surface area contributed by atoms with Crippen LogP contribution in [0.2, 0.25) is 0 Å². The van der Waals surface area contributed by atoms with E-state index in [9.17, 15) is 14.4 Å². The molecule has 0 aromatic heterocycles. The standard InChI is InChI=1S/C25H37N7O3/c1-3-15(2)21(32-23(34)19(26)12-7-13-30-25(28)29)24(35)31-20(22(27)33)14-17-10-6-9-16-8-4-5-11-18(16)17/h4-6,8-11,15,19-21H,3,7,12-14,26H2,1-2H3,(H2,27,33)(H,31,35)(H,32,34)(H4,28,29,30)/t15-,19-,20-,21-/m0/s1. The van der Waals surface area contributed by atoms with Crippen LogP contribution in [0.4, 0.5) is 0 Å². The summed E-state index contributed by atoms with van der Waals surface area (Å²) in [6, 6.07) is 10.9. The van der Waals surface area contributed by atoms with Crippen molar-refractivity contribution in [3.63, 3.8) is 0 Å². The fraction of sp³-hybridized carbons (Fsp3) is 0.440. The minimum Gasteiger partial charge on any atom is -0.370 e. The number of nitrogens with two attached hydrogens (primary N) is 4. The lowest BCUT2D eigenvalue weighted by Crippen LogP contribution is -2.57. The predicted octanol–water partition coefficient (Wildman–Crippen LogP) is 0.264. The molecule has 0 bridgehead atoms. The fourth-order valence-electron chi connectivity index (χ4n) is 3.79. The number of carbonyl (C=O) groups excluding carboxylic acids is 3. The zero-order chi connectivity index (χ0) is 26.0. The lowest BCUT2D eigenvalue weighted by atomic mass is 9.95. The number of aliphatic imine (C=N–C) groups is 1. The predicted molar refractivity (Wildman–Crippen MR) is 138 cm³/mol. The number of primary amides is 1. The van der Waals surface area contributed by atoms with Crippen molar-refractivity contribution in [2.24, 2.45) is 33.8 Å². The number of hydrogen-bond donors (Lipinski definition) is 6. The highest BCUT2D eigenvalue weighted by molar-refractivity contribution is 5.93.